The Morgan fingerprint density at radius 3 is 2.09 bits per heavy atom. The lowest BCUT2D eigenvalue weighted by atomic mass is 10.0. The van der Waals surface area contributed by atoms with E-state index < -0.39 is 66.9 Å². The molecule has 0 saturated carbocycles. The van der Waals surface area contributed by atoms with Crippen molar-refractivity contribution in [3.05, 3.63) is 0 Å². The van der Waals surface area contributed by atoms with Gasteiger partial charge in [-0.15, -0.1) is 0 Å². The third kappa shape index (κ3) is 14.4. The predicted molar refractivity (Wildman–Crippen MR) is 106 cm³/mol. The van der Waals surface area contributed by atoms with Gasteiger partial charge in [-0.3, -0.25) is 28.8 Å². The number of amides is 3. The Morgan fingerprint density at radius 2 is 1.50 bits per heavy atom. The number of nitrogens with two attached hydrogens (primary N) is 1. The van der Waals surface area contributed by atoms with Gasteiger partial charge in [-0.25, -0.2) is 4.79 Å². The summed E-state index contributed by atoms with van der Waals surface area (Å²) < 4.78 is 9.11. The monoisotopic (exact) mass is 460 g/mol. The van der Waals surface area contributed by atoms with E-state index in [9.17, 15) is 33.6 Å². The number of carbonyl (C=O) groups is 7. The number of carboxylic acid groups (broad SMARTS) is 1. The zero-order valence-corrected chi connectivity index (χ0v) is 17.6. The van der Waals surface area contributed by atoms with Crippen LogP contribution in [0.2, 0.25) is 0 Å². The van der Waals surface area contributed by atoms with E-state index in [4.69, 9.17) is 15.6 Å². The summed E-state index contributed by atoms with van der Waals surface area (Å²) in [5, 5.41) is 15.9. The van der Waals surface area contributed by atoms with Gasteiger partial charge in [0.1, 0.15) is 6.61 Å². The number of nitrogens with one attached hydrogen (secondary N) is 3. The normalized spacial score (nSPS) is 10.9. The number of rotatable bonds is 16. The van der Waals surface area contributed by atoms with Crippen LogP contribution < -0.4 is 21.7 Å². The Morgan fingerprint density at radius 1 is 0.875 bits per heavy atom. The molecule has 180 valence electrons. The van der Waals surface area contributed by atoms with Crippen LogP contribution in [0.15, 0.2) is 0 Å². The van der Waals surface area contributed by atoms with E-state index in [0.717, 1.165) is 0 Å². The van der Waals surface area contributed by atoms with Crippen molar-refractivity contribution in [1.29, 1.82) is 0 Å². The number of carbonyl (C=O) groups excluding carboxylic acids is 6. The molecule has 0 aliphatic heterocycles. The summed E-state index contributed by atoms with van der Waals surface area (Å²) in [7, 11) is 1.18. The number of alkyl carbamates (subject to hydrolysis) is 1. The molecular formula is C18H28N4O10. The topological polar surface area (TPSA) is 220 Å². The molecule has 0 heterocycles. The first-order valence-corrected chi connectivity index (χ1v) is 9.56. The highest BCUT2D eigenvalue weighted by Gasteiger charge is 2.23. The number of hydrogen-bond acceptors (Lipinski definition) is 10. The zero-order chi connectivity index (χ0) is 24.5. The van der Waals surface area contributed by atoms with Crippen molar-refractivity contribution in [2.45, 2.75) is 25.7 Å². The molecule has 0 rings (SSSR count). The maximum absolute atomic E-state index is 11.9. The average molecular weight is 460 g/mol. The molecule has 6 N–H and O–H groups in total. The molecule has 0 bridgehead atoms. The lowest BCUT2D eigenvalue weighted by molar-refractivity contribution is -0.145. The molecule has 0 fully saturated rings. The molecule has 32 heavy (non-hydrogen) atoms. The summed E-state index contributed by atoms with van der Waals surface area (Å²) in [5.41, 5.74) is 5.07. The Labute approximate surface area is 183 Å². The second kappa shape index (κ2) is 16.2. The minimum atomic E-state index is -1.38. The molecule has 14 heteroatoms. The molecule has 14 nitrogen and oxygen atoms in total. The van der Waals surface area contributed by atoms with Crippen molar-refractivity contribution in [3.63, 3.8) is 0 Å². The number of Topliss-reactive ketones (excluding diaryl/α,β-unsaturated/α-hetero) is 2. The molecule has 0 saturated heterocycles. The largest absolute Gasteiger partial charge is 0.481 e. The van der Waals surface area contributed by atoms with Gasteiger partial charge in [0.25, 0.3) is 0 Å². The number of esters is 1. The Balaban J connectivity index is 4.21. The molecule has 0 aromatic rings. The summed E-state index contributed by atoms with van der Waals surface area (Å²) in [4.78, 5) is 79.8. The van der Waals surface area contributed by atoms with Crippen molar-refractivity contribution in [2.75, 3.05) is 39.9 Å². The highest BCUT2D eigenvalue weighted by Crippen LogP contribution is 2.06. The fraction of sp³-hybridized carbons (Fsp3) is 0.611. The van der Waals surface area contributed by atoms with E-state index in [1.54, 1.807) is 0 Å². The standard InChI is InChI=1S/C18H28N4O10/c1-31-16(27)4-5-20-18(30)32-10-11(17(28)29)6-13(24)9-21-14(25)3-2-12(23)8-22-15(26)7-19/h11H,2-10,19H2,1H3,(H,20,30)(H,21,25)(H,22,26)(H,28,29)/t11-/m0/s1. The number of carboxylic acids is 1. The van der Waals surface area contributed by atoms with E-state index in [0.29, 0.717) is 0 Å². The van der Waals surface area contributed by atoms with Crippen LogP contribution in [0.25, 0.3) is 0 Å². The van der Waals surface area contributed by atoms with Gasteiger partial charge in [-0.1, -0.05) is 0 Å². The van der Waals surface area contributed by atoms with E-state index in [2.05, 4.69) is 20.7 Å². The molecule has 0 aliphatic carbocycles. The third-order valence-corrected chi connectivity index (χ3v) is 3.85. The minimum Gasteiger partial charge on any atom is -0.481 e. The summed E-state index contributed by atoms with van der Waals surface area (Å²) in [6.45, 7) is -1.67. The zero-order valence-electron chi connectivity index (χ0n) is 17.6. The molecular weight excluding hydrogens is 432 g/mol. The van der Waals surface area contributed by atoms with E-state index in [1.807, 2.05) is 0 Å². The minimum absolute atomic E-state index is 0.0733. The fourth-order valence-corrected chi connectivity index (χ4v) is 2.06. The summed E-state index contributed by atoms with van der Waals surface area (Å²) in [6, 6.07) is 0. The Bertz CT molecular complexity index is 710. The number of aliphatic carboxylic acids is 1. The molecule has 0 unspecified atom stereocenters. The fourth-order valence-electron chi connectivity index (χ4n) is 2.06. The van der Waals surface area contributed by atoms with Crippen LogP contribution in [0, 0.1) is 5.92 Å². The van der Waals surface area contributed by atoms with E-state index in [1.165, 1.54) is 7.11 Å². The number of methoxy groups -OCH3 is 1. The van der Waals surface area contributed by atoms with Crippen LogP contribution in [0.4, 0.5) is 4.79 Å². The molecule has 3 amide bonds. The van der Waals surface area contributed by atoms with Crippen LogP contribution in [-0.4, -0.2) is 86.4 Å². The van der Waals surface area contributed by atoms with Gasteiger partial charge < -0.3 is 36.3 Å². The van der Waals surface area contributed by atoms with Gasteiger partial charge in [0.2, 0.25) is 11.8 Å². The molecule has 0 radical (unpaired) electrons. The number of ether oxygens (including phenoxy) is 2. The van der Waals surface area contributed by atoms with Crippen LogP contribution >= 0.6 is 0 Å². The first-order chi connectivity index (χ1) is 15.1. The molecule has 0 aromatic carbocycles. The molecule has 0 aromatic heterocycles. The van der Waals surface area contributed by atoms with Gasteiger partial charge in [0, 0.05) is 25.8 Å². The van der Waals surface area contributed by atoms with E-state index >= 15 is 0 Å². The average Bonchev–Trinajstić information content (AvgIpc) is 2.76. The maximum Gasteiger partial charge on any atom is 0.407 e. The quantitative estimate of drug-likeness (QED) is 0.151. The summed E-state index contributed by atoms with van der Waals surface area (Å²) in [5.74, 6) is -5.41. The van der Waals surface area contributed by atoms with Crippen molar-refractivity contribution in [2.24, 2.45) is 11.7 Å². The SMILES string of the molecule is COC(=O)CCNC(=O)OC[C@H](CC(=O)CNC(=O)CCC(=O)CNC(=O)CN)C(=O)O. The first kappa shape index (κ1) is 28.5. The first-order valence-electron chi connectivity index (χ1n) is 9.56. The third-order valence-electron chi connectivity index (χ3n) is 3.85. The van der Waals surface area contributed by atoms with E-state index in [-0.39, 0.29) is 38.9 Å². The van der Waals surface area contributed by atoms with Gasteiger partial charge in [-0.05, 0) is 0 Å². The van der Waals surface area contributed by atoms with Crippen molar-refractivity contribution < 1.29 is 48.1 Å². The van der Waals surface area contributed by atoms with Gasteiger partial charge in [-0.2, -0.15) is 0 Å². The van der Waals surface area contributed by atoms with Gasteiger partial charge in [0.15, 0.2) is 11.6 Å². The van der Waals surface area contributed by atoms with Gasteiger partial charge in [0.05, 0.1) is 39.1 Å². The maximum atomic E-state index is 11.9. The van der Waals surface area contributed by atoms with Crippen molar-refractivity contribution in [1.82, 2.24) is 16.0 Å². The van der Waals surface area contributed by atoms with Gasteiger partial charge >= 0.3 is 18.0 Å². The van der Waals surface area contributed by atoms with Crippen LogP contribution in [0.5, 0.6) is 0 Å². The molecule has 1 atom stereocenters. The van der Waals surface area contributed by atoms with Crippen molar-refractivity contribution in [3.8, 4) is 0 Å². The summed E-state index contributed by atoms with van der Waals surface area (Å²) in [6.07, 6.45) is -1.95. The molecule has 0 spiro atoms. The smallest absolute Gasteiger partial charge is 0.407 e. The summed E-state index contributed by atoms with van der Waals surface area (Å²) >= 11 is 0. The Hall–Kier alpha value is -3.55. The predicted octanol–water partition coefficient (Wildman–Crippen LogP) is -2.52. The lowest BCUT2D eigenvalue weighted by Crippen LogP contribution is -2.35. The number of hydrogen-bond donors (Lipinski definition) is 5. The van der Waals surface area contributed by atoms with Crippen LogP contribution in [0.3, 0.4) is 0 Å². The second-order valence-corrected chi connectivity index (χ2v) is 6.43. The Kier molecular flexibility index (Phi) is 14.4. The highest BCUT2D eigenvalue weighted by atomic mass is 16.6. The molecule has 0 aliphatic rings. The number of ketones is 2. The van der Waals surface area contributed by atoms with Crippen LogP contribution in [0.1, 0.15) is 25.7 Å². The van der Waals surface area contributed by atoms with Crippen LogP contribution in [-0.2, 0) is 38.2 Å². The highest BCUT2D eigenvalue weighted by molar-refractivity contribution is 5.91. The van der Waals surface area contributed by atoms with Crippen molar-refractivity contribution >= 4 is 41.4 Å². The second-order valence-electron chi connectivity index (χ2n) is 6.43. The lowest BCUT2D eigenvalue weighted by Gasteiger charge is -2.13.